The van der Waals surface area contributed by atoms with Crippen LogP contribution in [0.15, 0.2) is 18.2 Å². The van der Waals surface area contributed by atoms with Crippen LogP contribution in [0.2, 0.25) is 0 Å². The van der Waals surface area contributed by atoms with Gasteiger partial charge >= 0.3 is 0 Å². The summed E-state index contributed by atoms with van der Waals surface area (Å²) < 4.78 is 0. The van der Waals surface area contributed by atoms with E-state index >= 15 is 0 Å². The van der Waals surface area contributed by atoms with Crippen LogP contribution in [0.5, 0.6) is 0 Å². The molecule has 0 bridgehead atoms. The minimum Gasteiger partial charge on any atom is -0.0651 e. The lowest BCUT2D eigenvalue weighted by Gasteiger charge is -2.08. The summed E-state index contributed by atoms with van der Waals surface area (Å²) in [6.45, 7) is 6.60. The van der Waals surface area contributed by atoms with E-state index in [1.54, 1.807) is 0 Å². The Morgan fingerprint density at radius 1 is 1.15 bits per heavy atom. The Kier molecular flexibility index (Phi) is 4.01. The maximum absolute atomic E-state index is 2.35. The van der Waals surface area contributed by atoms with E-state index in [2.05, 4.69) is 45.4 Å². The average molecular weight is 175 g/mol. The maximum Gasteiger partial charge on any atom is -0.0271 e. The summed E-state index contributed by atoms with van der Waals surface area (Å²) in [6.07, 6.45) is 5.95. The molecule has 0 nitrogen and oxygen atoms in total. The van der Waals surface area contributed by atoms with Crippen molar-refractivity contribution >= 4 is 0 Å². The lowest BCUT2D eigenvalue weighted by atomic mass is 9.98. The van der Waals surface area contributed by atoms with E-state index in [1.165, 1.54) is 36.0 Å². The smallest absolute Gasteiger partial charge is 0.0271 e. The number of rotatable bonds is 4. The quantitative estimate of drug-likeness (QED) is 0.610. The summed E-state index contributed by atoms with van der Waals surface area (Å²) in [5, 5.41) is 0. The first kappa shape index (κ1) is 10.3. The van der Waals surface area contributed by atoms with Crippen molar-refractivity contribution in [2.24, 2.45) is 0 Å². The summed E-state index contributed by atoms with van der Waals surface area (Å²) in [4.78, 5) is 0. The number of hydrogen-bond acceptors (Lipinski definition) is 0. The Bertz CT molecular complexity index is 240. The van der Waals surface area contributed by atoms with Crippen LogP contribution in [0, 0.1) is 20.3 Å². The van der Waals surface area contributed by atoms with Crippen molar-refractivity contribution in [3.63, 3.8) is 0 Å². The largest absolute Gasteiger partial charge is 0.0651 e. The van der Waals surface area contributed by atoms with Crippen molar-refractivity contribution in [2.45, 2.75) is 40.0 Å². The van der Waals surface area contributed by atoms with E-state index in [4.69, 9.17) is 0 Å². The molecule has 0 unspecified atom stereocenters. The Hall–Kier alpha value is -0.780. The number of aryl methyl sites for hydroxylation is 2. The predicted molar refractivity (Wildman–Crippen MR) is 58.8 cm³/mol. The molecule has 0 N–H and O–H groups in total. The molecule has 0 amide bonds. The number of hydrogen-bond donors (Lipinski definition) is 0. The highest BCUT2D eigenvalue weighted by Gasteiger charge is 2.00. The lowest BCUT2D eigenvalue weighted by molar-refractivity contribution is 0.866. The zero-order chi connectivity index (χ0) is 9.68. The molecule has 0 aliphatic carbocycles. The Morgan fingerprint density at radius 3 is 2.31 bits per heavy atom. The predicted octanol–water partition coefficient (Wildman–Crippen LogP) is 3.85. The van der Waals surface area contributed by atoms with Gasteiger partial charge in [-0.3, -0.25) is 0 Å². The van der Waals surface area contributed by atoms with E-state index in [-0.39, 0.29) is 0 Å². The number of unbranched alkanes of at least 4 members (excludes halogenated alkanes) is 2. The first-order chi connectivity index (χ1) is 6.25. The fourth-order valence-electron chi connectivity index (χ4n) is 1.69. The summed E-state index contributed by atoms with van der Waals surface area (Å²) in [7, 11) is 0. The van der Waals surface area contributed by atoms with Crippen LogP contribution in [0.25, 0.3) is 0 Å². The highest BCUT2D eigenvalue weighted by molar-refractivity contribution is 5.33. The van der Waals surface area contributed by atoms with Gasteiger partial charge in [-0.15, -0.1) is 0 Å². The van der Waals surface area contributed by atoms with Crippen molar-refractivity contribution in [1.29, 1.82) is 0 Å². The third-order valence-electron chi connectivity index (χ3n) is 2.53. The van der Waals surface area contributed by atoms with Gasteiger partial charge in [-0.05, 0) is 49.8 Å². The van der Waals surface area contributed by atoms with Crippen molar-refractivity contribution < 1.29 is 0 Å². The summed E-state index contributed by atoms with van der Waals surface area (Å²) in [6, 6.07) is 6.54. The molecule has 0 heteroatoms. The van der Waals surface area contributed by atoms with Crippen LogP contribution in [-0.4, -0.2) is 0 Å². The van der Waals surface area contributed by atoms with Crippen LogP contribution >= 0.6 is 0 Å². The molecule has 13 heavy (non-hydrogen) atoms. The Balaban J connectivity index is 2.64. The summed E-state index contributed by atoms with van der Waals surface area (Å²) >= 11 is 0. The highest BCUT2D eigenvalue weighted by atomic mass is 14.1. The molecule has 1 aromatic carbocycles. The second-order valence-corrected chi connectivity index (χ2v) is 3.61. The molecular formula is C13H19. The standard InChI is InChI=1S/C13H19/c1-4-5-6-10-13-11(2)8-7-9-12(13)3/h5,7-9H,4,6,10H2,1-3H3. The minimum atomic E-state index is 1.19. The van der Waals surface area contributed by atoms with Gasteiger partial charge in [0.15, 0.2) is 0 Å². The topological polar surface area (TPSA) is 0 Å². The molecule has 0 fully saturated rings. The zero-order valence-electron chi connectivity index (χ0n) is 8.93. The van der Waals surface area contributed by atoms with Crippen LogP contribution in [0.3, 0.4) is 0 Å². The molecule has 0 saturated heterocycles. The summed E-state index contributed by atoms with van der Waals surface area (Å²) in [5.41, 5.74) is 4.40. The van der Waals surface area contributed by atoms with E-state index in [0.29, 0.717) is 0 Å². The highest BCUT2D eigenvalue weighted by Crippen LogP contribution is 2.15. The zero-order valence-corrected chi connectivity index (χ0v) is 8.93. The van der Waals surface area contributed by atoms with Gasteiger partial charge in [-0.1, -0.05) is 31.5 Å². The van der Waals surface area contributed by atoms with Crippen molar-refractivity contribution in [3.8, 4) is 0 Å². The molecule has 0 aliphatic heterocycles. The fourth-order valence-corrected chi connectivity index (χ4v) is 1.69. The third-order valence-corrected chi connectivity index (χ3v) is 2.53. The monoisotopic (exact) mass is 175 g/mol. The molecule has 0 spiro atoms. The second kappa shape index (κ2) is 5.06. The lowest BCUT2D eigenvalue weighted by Crippen LogP contribution is -1.93. The summed E-state index contributed by atoms with van der Waals surface area (Å²) in [5.74, 6) is 0. The molecule has 1 radical (unpaired) electrons. The van der Waals surface area contributed by atoms with Gasteiger partial charge in [0.1, 0.15) is 0 Å². The third kappa shape index (κ3) is 2.87. The molecule has 0 aliphatic rings. The number of benzene rings is 1. The first-order valence-corrected chi connectivity index (χ1v) is 5.12. The van der Waals surface area contributed by atoms with Gasteiger partial charge in [0.05, 0.1) is 0 Å². The first-order valence-electron chi connectivity index (χ1n) is 5.12. The molecule has 0 saturated carbocycles. The van der Waals surface area contributed by atoms with Crippen LogP contribution < -0.4 is 0 Å². The van der Waals surface area contributed by atoms with Gasteiger partial charge in [0, 0.05) is 0 Å². The van der Waals surface area contributed by atoms with Gasteiger partial charge < -0.3 is 0 Å². The average Bonchev–Trinajstić information content (AvgIpc) is 2.10. The molecule has 71 valence electrons. The van der Waals surface area contributed by atoms with Crippen molar-refractivity contribution in [2.75, 3.05) is 0 Å². The molecule has 1 aromatic rings. The fraction of sp³-hybridized carbons (Fsp3) is 0.462. The van der Waals surface area contributed by atoms with Crippen LogP contribution in [-0.2, 0) is 6.42 Å². The maximum atomic E-state index is 2.35. The Labute approximate surface area is 82.0 Å². The minimum absolute atomic E-state index is 1.19. The molecule has 0 aromatic heterocycles. The van der Waals surface area contributed by atoms with Gasteiger partial charge in [-0.25, -0.2) is 0 Å². The molecule has 0 atom stereocenters. The van der Waals surface area contributed by atoms with Gasteiger partial charge in [0.2, 0.25) is 0 Å². The van der Waals surface area contributed by atoms with E-state index in [1.807, 2.05) is 0 Å². The van der Waals surface area contributed by atoms with Crippen molar-refractivity contribution in [1.82, 2.24) is 0 Å². The molecular weight excluding hydrogens is 156 g/mol. The van der Waals surface area contributed by atoms with E-state index < -0.39 is 0 Å². The SMILES string of the molecule is CC[CH]CCc1c(C)cccc1C. The van der Waals surface area contributed by atoms with Gasteiger partial charge in [0.25, 0.3) is 0 Å². The Morgan fingerprint density at radius 2 is 1.77 bits per heavy atom. The van der Waals surface area contributed by atoms with Gasteiger partial charge in [-0.2, -0.15) is 0 Å². The normalized spacial score (nSPS) is 10.4. The molecule has 0 heterocycles. The van der Waals surface area contributed by atoms with Crippen LogP contribution in [0.1, 0.15) is 36.5 Å². The molecule has 1 rings (SSSR count). The van der Waals surface area contributed by atoms with E-state index in [9.17, 15) is 0 Å². The van der Waals surface area contributed by atoms with Crippen molar-refractivity contribution in [3.05, 3.63) is 41.3 Å². The van der Waals surface area contributed by atoms with E-state index in [0.717, 1.165) is 0 Å². The second-order valence-electron chi connectivity index (χ2n) is 3.61. The van der Waals surface area contributed by atoms with Crippen LogP contribution in [0.4, 0.5) is 0 Å².